The fraction of sp³-hybridized carbons (Fsp3) is 0.353. The van der Waals surface area contributed by atoms with Gasteiger partial charge in [0.05, 0.1) is 13.2 Å². The third kappa shape index (κ3) is 6.06. The molecule has 0 radical (unpaired) electrons. The van der Waals surface area contributed by atoms with Crippen LogP contribution >= 0.6 is 0 Å². The Hall–Kier alpha value is -4.06. The van der Waals surface area contributed by atoms with Crippen LogP contribution in [0.3, 0.4) is 0 Å². The molecule has 6 heteroatoms. The van der Waals surface area contributed by atoms with Gasteiger partial charge in [-0.3, -0.25) is 9.59 Å². The van der Waals surface area contributed by atoms with Crippen LogP contribution in [0.2, 0.25) is 0 Å². The number of benzene rings is 3. The number of rotatable bonds is 9. The minimum Gasteiger partial charge on any atom is -0.493 e. The minimum absolute atomic E-state index is 0.0885. The predicted molar refractivity (Wildman–Crippen MR) is 161 cm³/mol. The molecule has 1 N–H and O–H groups in total. The molecule has 0 fully saturated rings. The van der Waals surface area contributed by atoms with Crippen LogP contribution < -0.4 is 14.8 Å². The van der Waals surface area contributed by atoms with Crippen LogP contribution in [0, 0.1) is 13.8 Å². The van der Waals surface area contributed by atoms with Crippen LogP contribution in [-0.4, -0.2) is 30.0 Å². The van der Waals surface area contributed by atoms with Crippen molar-refractivity contribution in [3.8, 4) is 11.5 Å². The van der Waals surface area contributed by atoms with Gasteiger partial charge in [-0.05, 0) is 85.7 Å². The largest absolute Gasteiger partial charge is 0.493 e. The molecule has 0 aliphatic rings. The number of carbonyl (C=O) groups excluding carboxylic acids is 2. The molecule has 3 aromatic carbocycles. The topological polar surface area (TPSA) is 69.6 Å². The molecule has 40 heavy (non-hydrogen) atoms. The Morgan fingerprint density at radius 1 is 0.975 bits per heavy atom. The van der Waals surface area contributed by atoms with E-state index in [4.69, 9.17) is 9.47 Å². The summed E-state index contributed by atoms with van der Waals surface area (Å²) in [5.74, 6) is 1.02. The third-order valence-electron chi connectivity index (χ3n) is 7.60. The van der Waals surface area contributed by atoms with Crippen molar-refractivity contribution in [2.45, 2.75) is 72.6 Å². The molecule has 0 bridgehead atoms. The highest BCUT2D eigenvalue weighted by Crippen LogP contribution is 2.32. The number of carbonyl (C=O) groups is 2. The van der Waals surface area contributed by atoms with Gasteiger partial charge in [-0.25, -0.2) is 0 Å². The number of aromatic nitrogens is 1. The molecule has 0 aliphatic carbocycles. The van der Waals surface area contributed by atoms with E-state index >= 15 is 0 Å². The number of methoxy groups -OCH3 is 1. The Bertz CT molecular complexity index is 1530. The minimum atomic E-state index is -0.573. The Morgan fingerprint density at radius 3 is 2.30 bits per heavy atom. The number of aryl methyl sites for hydroxylation is 1. The lowest BCUT2D eigenvalue weighted by Crippen LogP contribution is -2.26. The molecule has 0 aliphatic heterocycles. The summed E-state index contributed by atoms with van der Waals surface area (Å²) in [6, 6.07) is 20.0. The first kappa shape index (κ1) is 28.9. The normalized spacial score (nSPS) is 13.1. The first-order chi connectivity index (χ1) is 18.9. The maximum Gasteiger partial charge on any atom is 0.251 e. The number of nitrogens with one attached hydrogen (secondary N) is 1. The van der Waals surface area contributed by atoms with Gasteiger partial charge in [0.25, 0.3) is 5.91 Å². The van der Waals surface area contributed by atoms with E-state index in [9.17, 15) is 9.59 Å². The van der Waals surface area contributed by atoms with Crippen LogP contribution in [-0.2, 0) is 16.8 Å². The van der Waals surface area contributed by atoms with E-state index in [-0.39, 0.29) is 17.4 Å². The molecular formula is C34H40N2O4. The molecule has 0 saturated carbocycles. The molecule has 2 atom stereocenters. The van der Waals surface area contributed by atoms with E-state index in [0.29, 0.717) is 23.6 Å². The van der Waals surface area contributed by atoms with Crippen LogP contribution in [0.25, 0.3) is 10.9 Å². The van der Waals surface area contributed by atoms with E-state index in [0.717, 1.165) is 39.6 Å². The SMILES string of the molecule is COc1ccc(Cn2c(C)c(C)c3cc(C(=O)N[C@@H](C)c4ccc(C(C)(C)C)cc4)ccc32)cc1O[C@@H](C)C=O. The predicted octanol–water partition coefficient (Wildman–Crippen LogP) is 7.07. The van der Waals surface area contributed by atoms with E-state index < -0.39 is 6.10 Å². The van der Waals surface area contributed by atoms with Gasteiger partial charge < -0.3 is 19.4 Å². The van der Waals surface area contributed by atoms with Gasteiger partial charge >= 0.3 is 0 Å². The second-order valence-corrected chi connectivity index (χ2v) is 11.5. The summed E-state index contributed by atoms with van der Waals surface area (Å²) < 4.78 is 13.4. The molecular weight excluding hydrogens is 500 g/mol. The summed E-state index contributed by atoms with van der Waals surface area (Å²) in [4.78, 5) is 24.4. The van der Waals surface area contributed by atoms with E-state index in [2.05, 4.69) is 68.8 Å². The molecule has 6 nitrogen and oxygen atoms in total. The number of ether oxygens (including phenoxy) is 2. The lowest BCUT2D eigenvalue weighted by atomic mass is 9.86. The first-order valence-electron chi connectivity index (χ1n) is 13.7. The highest BCUT2D eigenvalue weighted by Gasteiger charge is 2.18. The maximum atomic E-state index is 13.2. The zero-order valence-electron chi connectivity index (χ0n) is 24.8. The van der Waals surface area contributed by atoms with Gasteiger partial charge in [-0.15, -0.1) is 0 Å². The number of aldehydes is 1. The Balaban J connectivity index is 1.57. The van der Waals surface area contributed by atoms with Crippen molar-refractivity contribution in [3.05, 3.63) is 94.2 Å². The Kier molecular flexibility index (Phi) is 8.38. The first-order valence-corrected chi connectivity index (χ1v) is 13.7. The summed E-state index contributed by atoms with van der Waals surface area (Å²) in [5, 5.41) is 4.21. The smallest absolute Gasteiger partial charge is 0.251 e. The Morgan fingerprint density at radius 2 is 1.68 bits per heavy atom. The van der Waals surface area contributed by atoms with Crippen molar-refractivity contribution in [2.75, 3.05) is 7.11 Å². The van der Waals surface area contributed by atoms with Crippen LogP contribution in [0.4, 0.5) is 0 Å². The number of fused-ring (bicyclic) bond motifs is 1. The highest BCUT2D eigenvalue weighted by atomic mass is 16.5. The Labute approximate surface area is 237 Å². The molecule has 4 rings (SSSR count). The fourth-order valence-corrected chi connectivity index (χ4v) is 4.95. The number of hydrogen-bond acceptors (Lipinski definition) is 4. The third-order valence-corrected chi connectivity index (χ3v) is 7.60. The standard InChI is InChI=1S/C34H40N2O4/c1-21(20-37)40-32-17-25(9-16-31(32)39-8)19-36-24(4)22(2)29-18-27(12-15-30(29)36)33(38)35-23(3)26-10-13-28(14-11-26)34(5,6)7/h9-18,20-21,23H,19H2,1-8H3,(H,35,38)/t21-,23-/m0/s1. The fourth-order valence-electron chi connectivity index (χ4n) is 4.95. The maximum absolute atomic E-state index is 13.2. The van der Waals surface area contributed by atoms with Crippen LogP contribution in [0.15, 0.2) is 60.7 Å². The zero-order valence-corrected chi connectivity index (χ0v) is 24.8. The van der Waals surface area contributed by atoms with Gasteiger partial charge in [0.1, 0.15) is 0 Å². The van der Waals surface area contributed by atoms with Gasteiger partial charge in [0.15, 0.2) is 23.9 Å². The van der Waals surface area contributed by atoms with Gasteiger partial charge in [0.2, 0.25) is 0 Å². The van der Waals surface area contributed by atoms with Gasteiger partial charge in [0, 0.05) is 28.7 Å². The van der Waals surface area contributed by atoms with E-state index in [1.165, 1.54) is 5.56 Å². The molecule has 0 saturated heterocycles. The van der Waals surface area contributed by atoms with Crippen molar-refractivity contribution >= 4 is 23.1 Å². The summed E-state index contributed by atoms with van der Waals surface area (Å²) in [6.45, 7) is 15.1. The van der Waals surface area contributed by atoms with Crippen molar-refractivity contribution in [1.82, 2.24) is 9.88 Å². The monoisotopic (exact) mass is 540 g/mol. The summed E-state index contributed by atoms with van der Waals surface area (Å²) in [6.07, 6.45) is 0.187. The molecule has 1 aromatic heterocycles. The summed E-state index contributed by atoms with van der Waals surface area (Å²) >= 11 is 0. The molecule has 0 spiro atoms. The van der Waals surface area contributed by atoms with E-state index in [1.807, 2.05) is 43.3 Å². The van der Waals surface area contributed by atoms with Crippen molar-refractivity contribution in [2.24, 2.45) is 0 Å². The average Bonchev–Trinajstić information content (AvgIpc) is 3.16. The number of amides is 1. The molecule has 0 unspecified atom stereocenters. The van der Waals surface area contributed by atoms with Gasteiger partial charge in [-0.1, -0.05) is 51.1 Å². The number of hydrogen-bond donors (Lipinski definition) is 1. The zero-order chi connectivity index (χ0) is 29.2. The number of nitrogens with zero attached hydrogens (tertiary/aromatic N) is 1. The molecule has 1 amide bonds. The quantitative estimate of drug-likeness (QED) is 0.231. The van der Waals surface area contributed by atoms with Crippen LogP contribution in [0.1, 0.15) is 79.0 Å². The van der Waals surface area contributed by atoms with Crippen molar-refractivity contribution < 1.29 is 19.1 Å². The molecule has 4 aromatic rings. The molecule has 1 heterocycles. The van der Waals surface area contributed by atoms with Crippen molar-refractivity contribution in [1.29, 1.82) is 0 Å². The molecule has 210 valence electrons. The summed E-state index contributed by atoms with van der Waals surface area (Å²) in [7, 11) is 1.58. The average molecular weight is 541 g/mol. The van der Waals surface area contributed by atoms with E-state index in [1.54, 1.807) is 14.0 Å². The lowest BCUT2D eigenvalue weighted by Gasteiger charge is -2.21. The lowest BCUT2D eigenvalue weighted by molar-refractivity contribution is -0.113. The van der Waals surface area contributed by atoms with Crippen molar-refractivity contribution in [3.63, 3.8) is 0 Å². The van der Waals surface area contributed by atoms with Crippen LogP contribution in [0.5, 0.6) is 11.5 Å². The van der Waals surface area contributed by atoms with Gasteiger partial charge in [-0.2, -0.15) is 0 Å². The second kappa shape index (κ2) is 11.6. The highest BCUT2D eigenvalue weighted by molar-refractivity contribution is 5.99. The second-order valence-electron chi connectivity index (χ2n) is 11.5. The summed E-state index contributed by atoms with van der Waals surface area (Å²) in [5.41, 5.74) is 7.39.